The number of anilines is 1. The summed E-state index contributed by atoms with van der Waals surface area (Å²) in [4.78, 5) is 22.5. The molecule has 2 rings (SSSR count). The molecule has 0 fully saturated rings. The number of benzene rings is 2. The molecule has 0 heterocycles. The van der Waals surface area contributed by atoms with Crippen LogP contribution in [0.25, 0.3) is 0 Å². The number of aryl methyl sites for hydroxylation is 1. The molecule has 23 heavy (non-hydrogen) atoms. The molecule has 0 aliphatic rings. The zero-order chi connectivity index (χ0) is 17.1. The normalized spacial score (nSPS) is 10.3. The Labute approximate surface area is 142 Å². The van der Waals surface area contributed by atoms with Gasteiger partial charge in [0, 0.05) is 23.4 Å². The molecule has 1 amide bonds. The van der Waals surface area contributed by atoms with Gasteiger partial charge in [0.1, 0.15) is 0 Å². The Kier molecular flexibility index (Phi) is 5.08. The Morgan fingerprint density at radius 1 is 1.22 bits per heavy atom. The first-order chi connectivity index (χ1) is 10.8. The number of nitro benzene ring substituents is 1. The number of nitrogens with zero attached hydrogens (tertiary/aromatic N) is 1. The van der Waals surface area contributed by atoms with Crippen LogP contribution in [0.4, 0.5) is 11.4 Å². The Bertz CT molecular complexity index is 770. The summed E-state index contributed by atoms with van der Waals surface area (Å²) in [6.45, 7) is 1.66. The van der Waals surface area contributed by atoms with Crippen molar-refractivity contribution in [3.8, 4) is 5.75 Å². The first kappa shape index (κ1) is 17.1. The average molecular weight is 355 g/mol. The minimum Gasteiger partial charge on any atom is -0.494 e. The highest BCUT2D eigenvalue weighted by Gasteiger charge is 2.15. The highest BCUT2D eigenvalue weighted by Crippen LogP contribution is 2.34. The molecule has 0 saturated carbocycles. The average Bonchev–Trinajstić information content (AvgIpc) is 2.48. The van der Waals surface area contributed by atoms with Crippen LogP contribution < -0.4 is 10.1 Å². The molecular formula is C15H12Cl2N2O4. The fourth-order valence-corrected chi connectivity index (χ4v) is 2.62. The van der Waals surface area contributed by atoms with Gasteiger partial charge >= 0.3 is 0 Å². The fourth-order valence-electron chi connectivity index (χ4n) is 1.98. The number of rotatable bonds is 4. The van der Waals surface area contributed by atoms with Gasteiger partial charge in [-0.2, -0.15) is 0 Å². The first-order valence-electron chi connectivity index (χ1n) is 6.43. The molecule has 1 N–H and O–H groups in total. The summed E-state index contributed by atoms with van der Waals surface area (Å²) >= 11 is 12.0. The molecule has 8 heteroatoms. The van der Waals surface area contributed by atoms with Gasteiger partial charge in [0.15, 0.2) is 5.75 Å². The third kappa shape index (κ3) is 3.72. The second-order valence-corrected chi connectivity index (χ2v) is 5.50. The monoisotopic (exact) mass is 354 g/mol. The fraction of sp³-hybridized carbons (Fsp3) is 0.133. The number of methoxy groups -OCH3 is 1. The summed E-state index contributed by atoms with van der Waals surface area (Å²) in [6.07, 6.45) is 0. The zero-order valence-corrected chi connectivity index (χ0v) is 13.7. The van der Waals surface area contributed by atoms with Gasteiger partial charge in [-0.1, -0.05) is 23.2 Å². The largest absolute Gasteiger partial charge is 0.494 e. The van der Waals surface area contributed by atoms with Crippen LogP contribution in [-0.4, -0.2) is 17.9 Å². The number of ether oxygens (including phenoxy) is 1. The van der Waals surface area contributed by atoms with Crippen LogP contribution in [0.3, 0.4) is 0 Å². The maximum atomic E-state index is 12.3. The number of non-ortho nitro benzene ring substituents is 1. The molecule has 0 aromatic heterocycles. The minimum atomic E-state index is -0.498. The second-order valence-electron chi connectivity index (χ2n) is 4.68. The maximum Gasteiger partial charge on any atom is 0.269 e. The van der Waals surface area contributed by atoms with Gasteiger partial charge in [-0.05, 0) is 30.7 Å². The van der Waals surface area contributed by atoms with E-state index >= 15 is 0 Å². The van der Waals surface area contributed by atoms with Gasteiger partial charge in [0.25, 0.3) is 11.6 Å². The molecular weight excluding hydrogens is 343 g/mol. The molecule has 0 atom stereocenters. The first-order valence-corrected chi connectivity index (χ1v) is 7.18. The number of halogens is 2. The molecule has 0 bridgehead atoms. The van der Waals surface area contributed by atoms with E-state index in [4.69, 9.17) is 27.9 Å². The standard InChI is InChI=1S/C15H12Cl2N2O4/c1-8-5-10(19(21)22)3-4-13(8)18-15(20)9-6-11(16)14(23-2)12(17)7-9/h3-7H,1-2H3,(H,18,20). The van der Waals surface area contributed by atoms with E-state index in [1.54, 1.807) is 6.92 Å². The summed E-state index contributed by atoms with van der Waals surface area (Å²) < 4.78 is 5.02. The Morgan fingerprint density at radius 3 is 2.30 bits per heavy atom. The molecule has 0 radical (unpaired) electrons. The van der Waals surface area contributed by atoms with Gasteiger partial charge in [-0.3, -0.25) is 14.9 Å². The summed E-state index contributed by atoms with van der Waals surface area (Å²) in [7, 11) is 1.42. The van der Waals surface area contributed by atoms with Crippen molar-refractivity contribution < 1.29 is 14.5 Å². The number of nitro groups is 1. The van der Waals surface area contributed by atoms with Crippen LogP contribution in [-0.2, 0) is 0 Å². The van der Waals surface area contributed by atoms with Crippen LogP contribution in [0.2, 0.25) is 10.0 Å². The van der Waals surface area contributed by atoms with Crippen molar-refractivity contribution in [1.82, 2.24) is 0 Å². The van der Waals surface area contributed by atoms with Crippen molar-refractivity contribution in [3.63, 3.8) is 0 Å². The molecule has 0 saturated heterocycles. The third-order valence-electron chi connectivity index (χ3n) is 3.13. The lowest BCUT2D eigenvalue weighted by Crippen LogP contribution is -2.13. The lowest BCUT2D eigenvalue weighted by atomic mass is 10.1. The maximum absolute atomic E-state index is 12.3. The topological polar surface area (TPSA) is 81.5 Å². The summed E-state index contributed by atoms with van der Waals surface area (Å²) in [5.74, 6) is -0.148. The van der Waals surface area contributed by atoms with Crippen molar-refractivity contribution in [1.29, 1.82) is 0 Å². The highest BCUT2D eigenvalue weighted by molar-refractivity contribution is 6.37. The van der Waals surface area contributed by atoms with Gasteiger partial charge in [0.2, 0.25) is 0 Å². The number of nitrogens with one attached hydrogen (secondary N) is 1. The number of carbonyl (C=O) groups excluding carboxylic acids is 1. The van der Waals surface area contributed by atoms with E-state index in [0.29, 0.717) is 11.3 Å². The Hall–Kier alpha value is -2.31. The Morgan fingerprint density at radius 2 is 1.83 bits per heavy atom. The summed E-state index contributed by atoms with van der Waals surface area (Å²) in [5.41, 5.74) is 1.23. The van der Waals surface area contributed by atoms with Crippen molar-refractivity contribution in [2.75, 3.05) is 12.4 Å². The van der Waals surface area contributed by atoms with Gasteiger partial charge in [-0.25, -0.2) is 0 Å². The molecule has 2 aromatic rings. The lowest BCUT2D eigenvalue weighted by Gasteiger charge is -2.11. The van der Waals surface area contributed by atoms with E-state index in [2.05, 4.69) is 5.32 Å². The summed E-state index contributed by atoms with van der Waals surface area (Å²) in [5, 5.41) is 13.8. The van der Waals surface area contributed by atoms with Crippen LogP contribution >= 0.6 is 23.2 Å². The SMILES string of the molecule is COc1c(Cl)cc(C(=O)Nc2ccc([N+](=O)[O-])cc2C)cc1Cl. The van der Waals surface area contributed by atoms with Crippen molar-refractivity contribution >= 4 is 40.5 Å². The van der Waals surface area contributed by atoms with Gasteiger partial charge < -0.3 is 10.1 Å². The molecule has 120 valence electrons. The minimum absolute atomic E-state index is 0.0453. The van der Waals surface area contributed by atoms with Crippen LogP contribution in [0.1, 0.15) is 15.9 Å². The molecule has 0 unspecified atom stereocenters. The molecule has 0 aliphatic carbocycles. The smallest absolute Gasteiger partial charge is 0.269 e. The van der Waals surface area contributed by atoms with E-state index < -0.39 is 10.8 Å². The number of hydrogen-bond donors (Lipinski definition) is 1. The van der Waals surface area contributed by atoms with Crippen LogP contribution in [0, 0.1) is 17.0 Å². The van der Waals surface area contributed by atoms with Gasteiger partial charge in [0.05, 0.1) is 22.1 Å². The van der Waals surface area contributed by atoms with E-state index in [-0.39, 0.29) is 27.0 Å². The van der Waals surface area contributed by atoms with Crippen LogP contribution in [0.5, 0.6) is 5.75 Å². The number of amides is 1. The Balaban J connectivity index is 2.28. The van der Waals surface area contributed by atoms with Crippen LogP contribution in [0.15, 0.2) is 30.3 Å². The second kappa shape index (κ2) is 6.85. The molecule has 0 aliphatic heterocycles. The number of carbonyl (C=O) groups is 1. The molecule has 6 nitrogen and oxygen atoms in total. The lowest BCUT2D eigenvalue weighted by molar-refractivity contribution is -0.384. The quantitative estimate of drug-likeness (QED) is 0.648. The predicted molar refractivity (Wildman–Crippen MR) is 88.8 cm³/mol. The van der Waals surface area contributed by atoms with Crippen molar-refractivity contribution in [3.05, 3.63) is 61.6 Å². The van der Waals surface area contributed by atoms with E-state index in [1.165, 1.54) is 37.4 Å². The summed E-state index contributed by atoms with van der Waals surface area (Å²) in [6, 6.07) is 7.03. The third-order valence-corrected chi connectivity index (χ3v) is 3.70. The molecule has 0 spiro atoms. The van der Waals surface area contributed by atoms with E-state index in [9.17, 15) is 14.9 Å². The van der Waals surface area contributed by atoms with E-state index in [0.717, 1.165) is 0 Å². The van der Waals surface area contributed by atoms with Gasteiger partial charge in [-0.15, -0.1) is 0 Å². The van der Waals surface area contributed by atoms with Crippen molar-refractivity contribution in [2.45, 2.75) is 6.92 Å². The number of hydrogen-bond acceptors (Lipinski definition) is 4. The predicted octanol–water partition coefficient (Wildman–Crippen LogP) is 4.47. The molecule has 2 aromatic carbocycles. The highest BCUT2D eigenvalue weighted by atomic mass is 35.5. The zero-order valence-electron chi connectivity index (χ0n) is 12.2. The van der Waals surface area contributed by atoms with Crippen molar-refractivity contribution in [2.24, 2.45) is 0 Å². The van der Waals surface area contributed by atoms with E-state index in [1.807, 2.05) is 0 Å².